The molecule has 2 N–H and O–H groups in total. The average molecular weight is 403 g/mol. The minimum absolute atomic E-state index is 0.0103. The van der Waals surface area contributed by atoms with Crippen LogP contribution in [0.3, 0.4) is 0 Å². The number of hydrogen-bond donors (Lipinski definition) is 2. The lowest BCUT2D eigenvalue weighted by molar-refractivity contribution is -0.264. The summed E-state index contributed by atoms with van der Waals surface area (Å²) in [5.41, 5.74) is -2.81. The van der Waals surface area contributed by atoms with Gasteiger partial charge in [-0.3, -0.25) is 5.41 Å². The van der Waals surface area contributed by atoms with Crippen LogP contribution in [0, 0.1) is 12.3 Å². The van der Waals surface area contributed by atoms with Gasteiger partial charge < -0.3 is 19.6 Å². The van der Waals surface area contributed by atoms with E-state index in [1.807, 2.05) is 6.92 Å². The highest BCUT2D eigenvalue weighted by molar-refractivity contribution is 5.98. The summed E-state index contributed by atoms with van der Waals surface area (Å²) in [7, 11) is 2.94. The minimum atomic E-state index is -4.98. The second-order valence-corrected chi connectivity index (χ2v) is 6.51. The first-order valence-corrected chi connectivity index (χ1v) is 8.86. The Labute approximate surface area is 163 Å². The number of oxime groups is 1. The summed E-state index contributed by atoms with van der Waals surface area (Å²) in [5, 5.41) is 22.5. The van der Waals surface area contributed by atoms with Crippen LogP contribution in [0.2, 0.25) is 0 Å². The molecule has 1 unspecified atom stereocenters. The zero-order valence-corrected chi connectivity index (χ0v) is 17.1. The quantitative estimate of drug-likeness (QED) is 0.393. The molecule has 1 rings (SSSR count). The van der Waals surface area contributed by atoms with Crippen molar-refractivity contribution in [1.82, 2.24) is 4.90 Å². The van der Waals surface area contributed by atoms with Gasteiger partial charge in [-0.25, -0.2) is 0 Å². The predicted molar refractivity (Wildman–Crippen MR) is 102 cm³/mol. The summed E-state index contributed by atoms with van der Waals surface area (Å²) in [5.74, 6) is -0.00613. The minimum Gasteiger partial charge on any atom is -0.496 e. The largest absolute Gasteiger partial charge is 0.496 e. The van der Waals surface area contributed by atoms with E-state index in [0.29, 0.717) is 17.7 Å². The third kappa shape index (κ3) is 4.95. The SMILES string of the molecule is CCO/N=C(\C)CC(O)(c1cc(C)c(C(=N)N(C)CC)cc1OC)C(F)(F)F. The van der Waals surface area contributed by atoms with Crippen LogP contribution in [0.5, 0.6) is 5.75 Å². The Morgan fingerprint density at radius 2 is 1.89 bits per heavy atom. The Hall–Kier alpha value is -2.29. The van der Waals surface area contributed by atoms with E-state index in [9.17, 15) is 18.3 Å². The molecular formula is C19H28F3N3O3. The highest BCUT2D eigenvalue weighted by Crippen LogP contribution is 2.46. The second-order valence-electron chi connectivity index (χ2n) is 6.51. The van der Waals surface area contributed by atoms with E-state index in [2.05, 4.69) is 5.16 Å². The van der Waals surface area contributed by atoms with E-state index in [-0.39, 0.29) is 23.9 Å². The highest BCUT2D eigenvalue weighted by Gasteiger charge is 2.56. The Bertz CT molecular complexity index is 735. The maximum atomic E-state index is 13.9. The Kier molecular flexibility index (Phi) is 7.86. The van der Waals surface area contributed by atoms with Crippen LogP contribution in [0.4, 0.5) is 13.2 Å². The first-order valence-electron chi connectivity index (χ1n) is 8.86. The van der Waals surface area contributed by atoms with E-state index < -0.39 is 23.8 Å². The summed E-state index contributed by atoms with van der Waals surface area (Å²) < 4.78 is 46.9. The lowest BCUT2D eigenvalue weighted by atomic mass is 9.85. The number of ether oxygens (including phenoxy) is 1. The van der Waals surface area contributed by atoms with E-state index in [4.69, 9.17) is 15.0 Å². The standard InChI is InChI=1S/C19H28F3N3O3/c1-7-25(5)17(23)14-10-16(27-6)15(9-12(14)3)18(26,19(20,21)22)11-13(4)24-28-8-2/h9-10,23,26H,7-8,11H2,1-6H3/b23-17?,24-13+. The number of benzene rings is 1. The van der Waals surface area contributed by atoms with Gasteiger partial charge in [0.05, 0.1) is 12.8 Å². The van der Waals surface area contributed by atoms with Gasteiger partial charge in [0.15, 0.2) is 5.60 Å². The molecule has 0 fully saturated rings. The fourth-order valence-corrected chi connectivity index (χ4v) is 2.72. The van der Waals surface area contributed by atoms with E-state index >= 15 is 0 Å². The molecule has 0 aromatic heterocycles. The number of halogens is 3. The molecule has 0 saturated carbocycles. The highest BCUT2D eigenvalue weighted by atomic mass is 19.4. The Balaban J connectivity index is 3.58. The molecule has 0 radical (unpaired) electrons. The summed E-state index contributed by atoms with van der Waals surface area (Å²) in [6, 6.07) is 2.57. The molecule has 0 spiro atoms. The molecule has 1 aromatic rings. The van der Waals surface area contributed by atoms with Crippen LogP contribution < -0.4 is 4.74 Å². The number of hydrogen-bond acceptors (Lipinski definition) is 5. The molecule has 158 valence electrons. The lowest BCUT2D eigenvalue weighted by Gasteiger charge is -2.33. The number of alkyl halides is 3. The maximum Gasteiger partial charge on any atom is 0.421 e. The van der Waals surface area contributed by atoms with Crippen LogP contribution in [-0.2, 0) is 10.4 Å². The number of amidine groups is 1. The second kappa shape index (κ2) is 9.27. The van der Waals surface area contributed by atoms with Gasteiger partial charge in [0, 0.05) is 31.1 Å². The van der Waals surface area contributed by atoms with Crippen molar-refractivity contribution in [2.24, 2.45) is 5.16 Å². The van der Waals surface area contributed by atoms with Crippen LogP contribution >= 0.6 is 0 Å². The zero-order valence-electron chi connectivity index (χ0n) is 17.1. The molecule has 0 saturated heterocycles. The predicted octanol–water partition coefficient (Wildman–Crippen LogP) is 3.83. The normalized spacial score (nSPS) is 14.4. The van der Waals surface area contributed by atoms with Gasteiger partial charge in [-0.2, -0.15) is 13.2 Å². The van der Waals surface area contributed by atoms with Crippen LogP contribution in [0.25, 0.3) is 0 Å². The smallest absolute Gasteiger partial charge is 0.421 e. The van der Waals surface area contributed by atoms with Crippen molar-refractivity contribution in [3.05, 3.63) is 28.8 Å². The number of aliphatic hydroxyl groups is 1. The number of nitrogens with zero attached hydrogens (tertiary/aromatic N) is 2. The molecule has 9 heteroatoms. The van der Waals surface area contributed by atoms with Gasteiger partial charge >= 0.3 is 6.18 Å². The van der Waals surface area contributed by atoms with Crippen LogP contribution in [0.15, 0.2) is 17.3 Å². The molecule has 0 aliphatic heterocycles. The van der Waals surface area contributed by atoms with Gasteiger partial charge in [-0.05, 0) is 45.4 Å². The van der Waals surface area contributed by atoms with E-state index in [1.54, 1.807) is 25.8 Å². The van der Waals surface area contributed by atoms with Crippen molar-refractivity contribution < 1.29 is 27.9 Å². The van der Waals surface area contributed by atoms with Crippen molar-refractivity contribution in [3.8, 4) is 5.75 Å². The number of aryl methyl sites for hydroxylation is 1. The van der Waals surface area contributed by atoms with E-state index in [1.165, 1.54) is 26.2 Å². The molecular weight excluding hydrogens is 375 g/mol. The molecule has 1 aromatic carbocycles. The van der Waals surface area contributed by atoms with Crippen molar-refractivity contribution in [1.29, 1.82) is 5.41 Å². The topological polar surface area (TPSA) is 78.1 Å². The van der Waals surface area contributed by atoms with Gasteiger partial charge in [0.1, 0.15) is 18.2 Å². The lowest BCUT2D eigenvalue weighted by Crippen LogP contribution is -2.44. The summed E-state index contributed by atoms with van der Waals surface area (Å²) in [4.78, 5) is 6.45. The summed E-state index contributed by atoms with van der Waals surface area (Å²) in [6.45, 7) is 7.21. The molecule has 6 nitrogen and oxygen atoms in total. The van der Waals surface area contributed by atoms with Crippen molar-refractivity contribution in [2.75, 3.05) is 27.3 Å². The molecule has 0 amide bonds. The average Bonchev–Trinajstić information content (AvgIpc) is 2.63. The first kappa shape index (κ1) is 23.7. The molecule has 1 atom stereocenters. The van der Waals surface area contributed by atoms with Crippen LogP contribution in [-0.4, -0.2) is 55.0 Å². The van der Waals surface area contributed by atoms with Crippen LogP contribution in [0.1, 0.15) is 43.9 Å². The fraction of sp³-hybridized carbons (Fsp3) is 0.579. The molecule has 28 heavy (non-hydrogen) atoms. The summed E-state index contributed by atoms with van der Waals surface area (Å²) in [6.07, 6.45) is -5.79. The summed E-state index contributed by atoms with van der Waals surface area (Å²) >= 11 is 0. The van der Waals surface area contributed by atoms with Gasteiger partial charge in [-0.1, -0.05) is 5.16 Å². The number of methoxy groups -OCH3 is 1. The van der Waals surface area contributed by atoms with Gasteiger partial charge in [0.2, 0.25) is 0 Å². The molecule has 0 heterocycles. The van der Waals surface area contributed by atoms with E-state index in [0.717, 1.165) is 0 Å². The third-order valence-electron chi connectivity index (χ3n) is 4.43. The van der Waals surface area contributed by atoms with Crippen molar-refractivity contribution in [3.63, 3.8) is 0 Å². The fourth-order valence-electron chi connectivity index (χ4n) is 2.72. The molecule has 0 bridgehead atoms. The zero-order chi connectivity index (χ0) is 21.7. The Morgan fingerprint density at radius 1 is 1.29 bits per heavy atom. The van der Waals surface area contributed by atoms with Gasteiger partial charge in [0.25, 0.3) is 0 Å². The van der Waals surface area contributed by atoms with Crippen molar-refractivity contribution >= 4 is 11.5 Å². The maximum absolute atomic E-state index is 13.9. The van der Waals surface area contributed by atoms with Crippen molar-refractivity contribution in [2.45, 2.75) is 45.9 Å². The first-order chi connectivity index (χ1) is 12.9. The molecule has 0 aliphatic rings. The number of nitrogens with one attached hydrogen (secondary N) is 1. The number of rotatable bonds is 8. The third-order valence-corrected chi connectivity index (χ3v) is 4.43. The Morgan fingerprint density at radius 3 is 2.36 bits per heavy atom. The monoisotopic (exact) mass is 403 g/mol. The van der Waals surface area contributed by atoms with Gasteiger partial charge in [-0.15, -0.1) is 0 Å². The molecule has 0 aliphatic carbocycles.